The summed E-state index contributed by atoms with van der Waals surface area (Å²) >= 11 is 0. The first-order valence-corrected chi connectivity index (χ1v) is 6.37. The zero-order valence-electron chi connectivity index (χ0n) is 11.6. The van der Waals surface area contributed by atoms with Crippen molar-refractivity contribution >= 4 is 17.5 Å². The van der Waals surface area contributed by atoms with Crippen LogP contribution in [0.4, 0.5) is 5.69 Å². The van der Waals surface area contributed by atoms with Crippen LogP contribution >= 0.6 is 0 Å². The fraction of sp³-hybridized carbons (Fsp3) is 0.583. The van der Waals surface area contributed by atoms with Crippen molar-refractivity contribution in [3.8, 4) is 0 Å². The Morgan fingerprint density at radius 2 is 2.00 bits per heavy atom. The number of nitrogens with two attached hydrogens (primary N) is 1. The highest BCUT2D eigenvalue weighted by Gasteiger charge is 2.15. The quantitative estimate of drug-likeness (QED) is 0.689. The largest absolute Gasteiger partial charge is 0.395 e. The second-order valence-corrected chi connectivity index (χ2v) is 4.18. The standard InChI is InChI=1S/C12H21N5O2/c1-4-17(5-2)9(18)6-7-14-12(19)11-10(13)8(3)15-16-11/h4-7,13H2,1-3H3,(H,14,19)(H,15,16). The van der Waals surface area contributed by atoms with Gasteiger partial charge in [0.2, 0.25) is 5.91 Å². The molecule has 19 heavy (non-hydrogen) atoms. The van der Waals surface area contributed by atoms with Crippen molar-refractivity contribution in [2.24, 2.45) is 0 Å². The highest BCUT2D eigenvalue weighted by molar-refractivity contribution is 5.97. The van der Waals surface area contributed by atoms with Crippen molar-refractivity contribution in [3.63, 3.8) is 0 Å². The molecule has 7 nitrogen and oxygen atoms in total. The van der Waals surface area contributed by atoms with Gasteiger partial charge in [-0.3, -0.25) is 14.7 Å². The van der Waals surface area contributed by atoms with Crippen molar-refractivity contribution in [1.82, 2.24) is 20.4 Å². The Labute approximate surface area is 112 Å². The van der Waals surface area contributed by atoms with Gasteiger partial charge in [-0.25, -0.2) is 0 Å². The number of H-pyrrole nitrogens is 1. The lowest BCUT2D eigenvalue weighted by Gasteiger charge is -2.18. The molecule has 0 radical (unpaired) electrons. The van der Waals surface area contributed by atoms with Crippen LogP contribution in [0.1, 0.15) is 36.5 Å². The van der Waals surface area contributed by atoms with Gasteiger partial charge in [0.25, 0.3) is 5.91 Å². The van der Waals surface area contributed by atoms with E-state index in [0.717, 1.165) is 0 Å². The summed E-state index contributed by atoms with van der Waals surface area (Å²) in [5, 5.41) is 9.10. The summed E-state index contributed by atoms with van der Waals surface area (Å²) < 4.78 is 0. The lowest BCUT2D eigenvalue weighted by molar-refractivity contribution is -0.130. The molecule has 0 saturated carbocycles. The molecule has 1 aromatic heterocycles. The molecule has 106 valence electrons. The highest BCUT2D eigenvalue weighted by Crippen LogP contribution is 2.11. The van der Waals surface area contributed by atoms with Gasteiger partial charge < -0.3 is 16.0 Å². The molecular weight excluding hydrogens is 246 g/mol. The summed E-state index contributed by atoms with van der Waals surface area (Å²) in [5.74, 6) is -0.342. The second kappa shape index (κ2) is 6.77. The molecule has 0 fully saturated rings. The Hall–Kier alpha value is -2.05. The molecule has 0 aliphatic carbocycles. The first-order valence-electron chi connectivity index (χ1n) is 6.37. The Morgan fingerprint density at radius 3 is 2.47 bits per heavy atom. The first kappa shape index (κ1) is 15.0. The van der Waals surface area contributed by atoms with Crippen LogP contribution in [0.25, 0.3) is 0 Å². The van der Waals surface area contributed by atoms with E-state index >= 15 is 0 Å². The number of aryl methyl sites for hydroxylation is 1. The molecule has 0 aliphatic rings. The van der Waals surface area contributed by atoms with Crippen LogP contribution in [-0.4, -0.2) is 46.5 Å². The molecule has 0 spiro atoms. The third kappa shape index (κ3) is 3.70. The molecule has 0 aromatic carbocycles. The number of hydrogen-bond acceptors (Lipinski definition) is 4. The van der Waals surface area contributed by atoms with E-state index in [2.05, 4.69) is 15.5 Å². The van der Waals surface area contributed by atoms with Crippen molar-refractivity contribution < 1.29 is 9.59 Å². The molecule has 4 N–H and O–H groups in total. The molecule has 2 amide bonds. The summed E-state index contributed by atoms with van der Waals surface area (Å²) in [6, 6.07) is 0. The minimum atomic E-state index is -0.366. The number of carbonyl (C=O) groups excluding carboxylic acids is 2. The normalized spacial score (nSPS) is 10.3. The third-order valence-electron chi connectivity index (χ3n) is 2.95. The molecular formula is C12H21N5O2. The van der Waals surface area contributed by atoms with E-state index < -0.39 is 0 Å². The molecule has 0 unspecified atom stereocenters. The number of nitrogens with one attached hydrogen (secondary N) is 2. The van der Waals surface area contributed by atoms with Crippen LogP contribution in [0.15, 0.2) is 0 Å². The van der Waals surface area contributed by atoms with Gasteiger partial charge in [0.05, 0.1) is 11.4 Å². The first-order chi connectivity index (χ1) is 9.01. The van der Waals surface area contributed by atoms with E-state index in [0.29, 0.717) is 24.5 Å². The lowest BCUT2D eigenvalue weighted by atomic mass is 10.3. The molecule has 1 heterocycles. The maximum atomic E-state index is 11.8. The zero-order valence-corrected chi connectivity index (χ0v) is 11.6. The third-order valence-corrected chi connectivity index (χ3v) is 2.95. The Morgan fingerprint density at radius 1 is 1.37 bits per heavy atom. The predicted octanol–water partition coefficient (Wildman–Crippen LogP) is 0.289. The SMILES string of the molecule is CCN(CC)C(=O)CCNC(=O)c1n[nH]c(C)c1N. The van der Waals surface area contributed by atoms with E-state index in [-0.39, 0.29) is 30.5 Å². The molecule has 0 aliphatic heterocycles. The molecule has 0 atom stereocenters. The number of anilines is 1. The summed E-state index contributed by atoms with van der Waals surface area (Å²) in [5.41, 5.74) is 6.87. The number of aromatic amines is 1. The second-order valence-electron chi connectivity index (χ2n) is 4.18. The van der Waals surface area contributed by atoms with Crippen molar-refractivity contribution in [2.45, 2.75) is 27.2 Å². The van der Waals surface area contributed by atoms with Crippen LogP contribution in [0.5, 0.6) is 0 Å². The number of rotatable bonds is 6. The van der Waals surface area contributed by atoms with E-state index in [4.69, 9.17) is 5.73 Å². The highest BCUT2D eigenvalue weighted by atomic mass is 16.2. The van der Waals surface area contributed by atoms with Gasteiger partial charge in [0.1, 0.15) is 0 Å². The van der Waals surface area contributed by atoms with Crippen LogP contribution < -0.4 is 11.1 Å². The van der Waals surface area contributed by atoms with Gasteiger partial charge in [-0.1, -0.05) is 0 Å². The van der Waals surface area contributed by atoms with Gasteiger partial charge in [-0.2, -0.15) is 5.10 Å². The molecule has 7 heteroatoms. The van der Waals surface area contributed by atoms with E-state index in [9.17, 15) is 9.59 Å². The summed E-state index contributed by atoms with van der Waals surface area (Å²) in [4.78, 5) is 25.2. The van der Waals surface area contributed by atoms with Crippen molar-refractivity contribution in [1.29, 1.82) is 0 Å². The number of carbonyl (C=O) groups is 2. The Bertz CT molecular complexity index is 451. The fourth-order valence-electron chi connectivity index (χ4n) is 1.71. The molecule has 0 bridgehead atoms. The zero-order chi connectivity index (χ0) is 14.4. The topological polar surface area (TPSA) is 104 Å². The number of amides is 2. The predicted molar refractivity (Wildman–Crippen MR) is 72.6 cm³/mol. The summed E-state index contributed by atoms with van der Waals surface area (Å²) in [6.07, 6.45) is 0.275. The smallest absolute Gasteiger partial charge is 0.273 e. The fourth-order valence-corrected chi connectivity index (χ4v) is 1.71. The van der Waals surface area contributed by atoms with Gasteiger partial charge in [-0.05, 0) is 20.8 Å². The number of nitrogens with zero attached hydrogens (tertiary/aromatic N) is 2. The summed E-state index contributed by atoms with van der Waals surface area (Å²) in [7, 11) is 0. The molecule has 1 rings (SSSR count). The molecule has 1 aromatic rings. The van der Waals surface area contributed by atoms with Gasteiger partial charge in [-0.15, -0.1) is 0 Å². The van der Waals surface area contributed by atoms with Crippen molar-refractivity contribution in [2.75, 3.05) is 25.4 Å². The van der Waals surface area contributed by atoms with Crippen molar-refractivity contribution in [3.05, 3.63) is 11.4 Å². The summed E-state index contributed by atoms with van der Waals surface area (Å²) in [6.45, 7) is 7.21. The average Bonchev–Trinajstić information content (AvgIpc) is 2.71. The number of hydrogen-bond donors (Lipinski definition) is 3. The minimum absolute atomic E-state index is 0.0245. The van der Waals surface area contributed by atoms with Crippen LogP contribution in [0, 0.1) is 6.92 Å². The Balaban J connectivity index is 2.43. The average molecular weight is 267 g/mol. The minimum Gasteiger partial charge on any atom is -0.395 e. The van der Waals surface area contributed by atoms with E-state index in [1.54, 1.807) is 11.8 Å². The van der Waals surface area contributed by atoms with Gasteiger partial charge in [0.15, 0.2) is 5.69 Å². The monoisotopic (exact) mass is 267 g/mol. The van der Waals surface area contributed by atoms with Gasteiger partial charge >= 0.3 is 0 Å². The van der Waals surface area contributed by atoms with Crippen LogP contribution in [-0.2, 0) is 4.79 Å². The maximum Gasteiger partial charge on any atom is 0.273 e. The lowest BCUT2D eigenvalue weighted by Crippen LogP contribution is -2.34. The number of nitrogen functional groups attached to an aromatic ring is 1. The van der Waals surface area contributed by atoms with Crippen LogP contribution in [0.3, 0.4) is 0 Å². The Kier molecular flexibility index (Phi) is 5.35. The van der Waals surface area contributed by atoms with E-state index in [1.165, 1.54) is 0 Å². The number of aromatic nitrogens is 2. The van der Waals surface area contributed by atoms with Crippen LogP contribution in [0.2, 0.25) is 0 Å². The molecule has 0 saturated heterocycles. The van der Waals surface area contributed by atoms with Gasteiger partial charge in [0, 0.05) is 26.1 Å². The van der Waals surface area contributed by atoms with E-state index in [1.807, 2.05) is 13.8 Å². The maximum absolute atomic E-state index is 11.8.